The van der Waals surface area contributed by atoms with Gasteiger partial charge in [-0.05, 0) is 35.5 Å². The van der Waals surface area contributed by atoms with E-state index in [-0.39, 0.29) is 4.91 Å². The van der Waals surface area contributed by atoms with E-state index in [0.29, 0.717) is 22.3 Å². The van der Waals surface area contributed by atoms with Crippen molar-refractivity contribution in [2.45, 2.75) is 0 Å². The quantitative estimate of drug-likeness (QED) is 0.778. The molecule has 2 N–H and O–H groups in total. The van der Waals surface area contributed by atoms with Crippen LogP contribution in [0.15, 0.2) is 29.2 Å². The Bertz CT molecular complexity index is 702. The summed E-state index contributed by atoms with van der Waals surface area (Å²) in [6, 6.07) is 6.68. The summed E-state index contributed by atoms with van der Waals surface area (Å²) in [5.74, 6) is -2.53. The summed E-state index contributed by atoms with van der Waals surface area (Å²) in [6.07, 6.45) is 1.52. The molecule has 9 heteroatoms. The smallest absolute Gasteiger partial charge is 0.322 e. The van der Waals surface area contributed by atoms with Crippen molar-refractivity contribution < 1.29 is 24.3 Å². The molecular weight excluding hydrogens is 344 g/mol. The van der Waals surface area contributed by atoms with Gasteiger partial charge in [0.15, 0.2) is 0 Å². The van der Waals surface area contributed by atoms with E-state index in [2.05, 4.69) is 5.32 Å². The van der Waals surface area contributed by atoms with Gasteiger partial charge >= 0.3 is 5.97 Å². The number of amides is 3. The number of halogens is 1. The number of hydrogen-bond donors (Lipinski definition) is 2. The minimum atomic E-state index is -1.21. The molecular formula is C14H11ClN2O5S. The SMILES string of the molecule is O=C(O)CNC(=O)CN1C(=O)S/C(=C\c2ccc(Cl)cc2)C1=O. The number of carboxylic acids is 1. The Hall–Kier alpha value is -2.32. The van der Waals surface area contributed by atoms with Crippen molar-refractivity contribution in [1.29, 1.82) is 0 Å². The van der Waals surface area contributed by atoms with E-state index in [9.17, 15) is 19.2 Å². The molecule has 1 heterocycles. The van der Waals surface area contributed by atoms with E-state index < -0.39 is 36.1 Å². The van der Waals surface area contributed by atoms with Crippen LogP contribution in [0.3, 0.4) is 0 Å². The number of thioether (sulfide) groups is 1. The Kier molecular flexibility index (Phi) is 5.41. The van der Waals surface area contributed by atoms with Crippen LogP contribution in [0, 0.1) is 0 Å². The minimum absolute atomic E-state index is 0.184. The standard InChI is InChI=1S/C14H11ClN2O5S/c15-9-3-1-8(2-4-9)5-10-13(21)17(14(22)23-10)7-11(18)16-6-12(19)20/h1-5H,6-7H2,(H,16,18)(H,19,20)/b10-5-. The fraction of sp³-hybridized carbons (Fsp3) is 0.143. The van der Waals surface area contributed by atoms with Crippen molar-refractivity contribution in [3.63, 3.8) is 0 Å². The summed E-state index contributed by atoms with van der Waals surface area (Å²) >= 11 is 6.49. The van der Waals surface area contributed by atoms with E-state index in [0.717, 1.165) is 4.90 Å². The molecule has 1 fully saturated rings. The van der Waals surface area contributed by atoms with Crippen molar-refractivity contribution in [3.8, 4) is 0 Å². The fourth-order valence-corrected chi connectivity index (χ4v) is 2.68. The summed E-state index contributed by atoms with van der Waals surface area (Å²) in [5, 5.41) is 10.5. The van der Waals surface area contributed by atoms with Gasteiger partial charge in [-0.1, -0.05) is 23.7 Å². The Morgan fingerprint density at radius 2 is 1.91 bits per heavy atom. The number of aliphatic carboxylic acids is 1. The number of carboxylic acid groups (broad SMARTS) is 1. The summed E-state index contributed by atoms with van der Waals surface area (Å²) in [6.45, 7) is -1.09. The molecule has 0 saturated carbocycles. The summed E-state index contributed by atoms with van der Waals surface area (Å²) in [7, 11) is 0. The second-order valence-corrected chi connectivity index (χ2v) is 5.92. The van der Waals surface area contributed by atoms with Crippen LogP contribution < -0.4 is 5.32 Å². The molecule has 7 nitrogen and oxygen atoms in total. The van der Waals surface area contributed by atoms with E-state index in [1.54, 1.807) is 24.3 Å². The third kappa shape index (κ3) is 4.57. The van der Waals surface area contributed by atoms with Gasteiger partial charge in [0.1, 0.15) is 13.1 Å². The number of nitrogens with one attached hydrogen (secondary N) is 1. The molecule has 1 aliphatic heterocycles. The predicted molar refractivity (Wildman–Crippen MR) is 84.8 cm³/mol. The van der Waals surface area contributed by atoms with Gasteiger partial charge in [-0.25, -0.2) is 0 Å². The lowest BCUT2D eigenvalue weighted by atomic mass is 10.2. The molecule has 1 aromatic rings. The lowest BCUT2D eigenvalue weighted by Gasteiger charge is -2.11. The van der Waals surface area contributed by atoms with Gasteiger partial charge in [-0.2, -0.15) is 0 Å². The monoisotopic (exact) mass is 354 g/mol. The fourth-order valence-electron chi connectivity index (χ4n) is 1.72. The van der Waals surface area contributed by atoms with Crippen LogP contribution in [0.4, 0.5) is 4.79 Å². The largest absolute Gasteiger partial charge is 0.480 e. The lowest BCUT2D eigenvalue weighted by molar-refractivity contribution is -0.138. The summed E-state index contributed by atoms with van der Waals surface area (Å²) in [5.41, 5.74) is 0.690. The van der Waals surface area contributed by atoms with Gasteiger partial charge in [0.2, 0.25) is 5.91 Å². The van der Waals surface area contributed by atoms with Crippen molar-refractivity contribution in [2.24, 2.45) is 0 Å². The van der Waals surface area contributed by atoms with Gasteiger partial charge in [-0.3, -0.25) is 24.1 Å². The molecule has 1 aliphatic rings. The second-order valence-electron chi connectivity index (χ2n) is 4.49. The van der Waals surface area contributed by atoms with Crippen molar-refractivity contribution >= 4 is 52.5 Å². The number of carbonyl (C=O) groups is 4. The summed E-state index contributed by atoms with van der Waals surface area (Å²) < 4.78 is 0. The molecule has 0 atom stereocenters. The van der Waals surface area contributed by atoms with Gasteiger partial charge in [0.25, 0.3) is 11.1 Å². The summed E-state index contributed by atoms with van der Waals surface area (Å²) in [4.78, 5) is 46.8. The maximum absolute atomic E-state index is 12.2. The molecule has 23 heavy (non-hydrogen) atoms. The van der Waals surface area contributed by atoms with Crippen LogP contribution in [0.1, 0.15) is 5.56 Å². The highest BCUT2D eigenvalue weighted by Crippen LogP contribution is 2.32. The molecule has 3 amide bonds. The number of carbonyl (C=O) groups excluding carboxylic acids is 3. The number of benzene rings is 1. The normalized spacial score (nSPS) is 16.0. The van der Waals surface area contributed by atoms with Crippen LogP contribution >= 0.6 is 23.4 Å². The Morgan fingerprint density at radius 3 is 2.52 bits per heavy atom. The third-order valence-corrected chi connectivity index (χ3v) is 3.94. The first-order valence-electron chi connectivity index (χ1n) is 6.36. The highest BCUT2D eigenvalue weighted by atomic mass is 35.5. The minimum Gasteiger partial charge on any atom is -0.480 e. The first kappa shape index (κ1) is 17.0. The van der Waals surface area contributed by atoms with Gasteiger partial charge < -0.3 is 10.4 Å². The molecule has 0 bridgehead atoms. The average molecular weight is 355 g/mol. The molecule has 2 rings (SSSR count). The molecule has 0 aromatic heterocycles. The van der Waals surface area contributed by atoms with Crippen LogP contribution in [0.2, 0.25) is 5.02 Å². The molecule has 0 unspecified atom stereocenters. The number of imide groups is 1. The zero-order valence-electron chi connectivity index (χ0n) is 11.6. The third-order valence-electron chi connectivity index (χ3n) is 2.78. The zero-order chi connectivity index (χ0) is 17.0. The van der Waals surface area contributed by atoms with Crippen molar-refractivity contribution in [1.82, 2.24) is 10.2 Å². The van der Waals surface area contributed by atoms with Gasteiger partial charge in [0, 0.05) is 5.02 Å². The average Bonchev–Trinajstić information content (AvgIpc) is 2.75. The maximum atomic E-state index is 12.2. The Labute approximate surface area is 140 Å². The second kappa shape index (κ2) is 7.30. The van der Waals surface area contributed by atoms with E-state index >= 15 is 0 Å². The van der Waals surface area contributed by atoms with E-state index in [1.165, 1.54) is 6.08 Å². The first-order chi connectivity index (χ1) is 10.9. The first-order valence-corrected chi connectivity index (χ1v) is 7.55. The highest BCUT2D eigenvalue weighted by molar-refractivity contribution is 8.18. The Balaban J connectivity index is 2.06. The lowest BCUT2D eigenvalue weighted by Crippen LogP contribution is -2.41. The highest BCUT2D eigenvalue weighted by Gasteiger charge is 2.36. The van der Waals surface area contributed by atoms with E-state index in [1.807, 2.05) is 0 Å². The van der Waals surface area contributed by atoms with Crippen molar-refractivity contribution in [3.05, 3.63) is 39.8 Å². The molecule has 1 saturated heterocycles. The van der Waals surface area contributed by atoms with E-state index in [4.69, 9.17) is 16.7 Å². The van der Waals surface area contributed by atoms with Crippen LogP contribution in [0.5, 0.6) is 0 Å². The maximum Gasteiger partial charge on any atom is 0.322 e. The number of nitrogens with zero attached hydrogens (tertiary/aromatic N) is 1. The van der Waals surface area contributed by atoms with Crippen LogP contribution in [0.25, 0.3) is 6.08 Å². The Morgan fingerprint density at radius 1 is 1.26 bits per heavy atom. The van der Waals surface area contributed by atoms with Crippen molar-refractivity contribution in [2.75, 3.05) is 13.1 Å². The number of rotatable bonds is 5. The topological polar surface area (TPSA) is 104 Å². The van der Waals surface area contributed by atoms with Crippen LogP contribution in [-0.2, 0) is 14.4 Å². The van der Waals surface area contributed by atoms with Gasteiger partial charge in [0.05, 0.1) is 4.91 Å². The molecule has 1 aromatic carbocycles. The predicted octanol–water partition coefficient (Wildman–Crippen LogP) is 1.58. The molecule has 0 spiro atoms. The molecule has 120 valence electrons. The number of hydrogen-bond acceptors (Lipinski definition) is 5. The van der Waals surface area contributed by atoms with Gasteiger partial charge in [-0.15, -0.1) is 0 Å². The molecule has 0 radical (unpaired) electrons. The van der Waals surface area contributed by atoms with Crippen LogP contribution in [-0.4, -0.2) is 46.1 Å². The zero-order valence-corrected chi connectivity index (χ0v) is 13.2. The molecule has 0 aliphatic carbocycles.